The van der Waals surface area contributed by atoms with Crippen LogP contribution in [0.4, 0.5) is 5.69 Å². The third kappa shape index (κ3) is 3.93. The van der Waals surface area contributed by atoms with Gasteiger partial charge in [-0.15, -0.1) is 0 Å². The Balaban J connectivity index is 1.71. The molecule has 0 saturated heterocycles. The van der Waals surface area contributed by atoms with Gasteiger partial charge in [0.1, 0.15) is 11.0 Å². The highest BCUT2D eigenvalue weighted by Gasteiger charge is 2.56. The minimum Gasteiger partial charge on any atom is -0.380 e. The second-order valence-corrected chi connectivity index (χ2v) is 10.6. The van der Waals surface area contributed by atoms with E-state index < -0.39 is 0 Å². The predicted octanol–water partition coefficient (Wildman–Crippen LogP) is 3.40. The average Bonchev–Trinajstić information content (AvgIpc) is 2.53. The maximum atomic E-state index is 12.6. The molecule has 4 rings (SSSR count). The van der Waals surface area contributed by atoms with Crippen LogP contribution in [0.1, 0.15) is 54.4 Å². The number of nitrogens with zero attached hydrogens (tertiary/aromatic N) is 2. The Morgan fingerprint density at radius 2 is 2.04 bits per heavy atom. The number of amides is 1. The summed E-state index contributed by atoms with van der Waals surface area (Å²) in [6, 6.07) is 0.347. The van der Waals surface area contributed by atoms with Crippen LogP contribution in [-0.4, -0.2) is 27.3 Å². The summed E-state index contributed by atoms with van der Waals surface area (Å²) in [5.74, 6) is 1.79. The average molecular weight is 439 g/mol. The number of rotatable bonds is 4. The number of anilines is 1. The largest absolute Gasteiger partial charge is 0.380 e. The van der Waals surface area contributed by atoms with Crippen molar-refractivity contribution < 1.29 is 4.79 Å². The lowest BCUT2D eigenvalue weighted by Crippen LogP contribution is -2.58. The van der Waals surface area contributed by atoms with Crippen molar-refractivity contribution in [1.29, 1.82) is 0 Å². The van der Waals surface area contributed by atoms with Gasteiger partial charge < -0.3 is 10.6 Å². The Hall–Kier alpha value is -1.37. The van der Waals surface area contributed by atoms with E-state index in [1.807, 2.05) is 20.8 Å². The Kier molecular flexibility index (Phi) is 5.21. The number of hydrogen-bond acceptors (Lipinski definition) is 4. The van der Waals surface area contributed by atoms with Gasteiger partial charge in [-0.2, -0.15) is 5.10 Å². The summed E-state index contributed by atoms with van der Waals surface area (Å²) in [7, 11) is 0. The van der Waals surface area contributed by atoms with Gasteiger partial charge in [0.2, 0.25) is 5.91 Å². The zero-order valence-electron chi connectivity index (χ0n) is 17.1. The van der Waals surface area contributed by atoms with Crippen LogP contribution < -0.4 is 16.2 Å². The van der Waals surface area contributed by atoms with Gasteiger partial charge in [-0.1, -0.05) is 20.8 Å². The first kappa shape index (κ1) is 20.4. The van der Waals surface area contributed by atoms with Gasteiger partial charge in [0, 0.05) is 11.6 Å². The third-order valence-corrected chi connectivity index (χ3v) is 7.25. The normalized spacial score (nSPS) is 29.0. The van der Waals surface area contributed by atoms with E-state index in [0.717, 1.165) is 18.3 Å². The molecule has 3 fully saturated rings. The van der Waals surface area contributed by atoms with Crippen LogP contribution in [-0.2, 0) is 11.3 Å². The fraction of sp³-hybridized carbons (Fsp3) is 0.750. The maximum absolute atomic E-state index is 12.6. The topological polar surface area (TPSA) is 76.0 Å². The van der Waals surface area contributed by atoms with E-state index in [9.17, 15) is 9.59 Å². The van der Waals surface area contributed by atoms with Crippen molar-refractivity contribution in [3.63, 3.8) is 0 Å². The highest BCUT2D eigenvalue weighted by atomic mass is 79.9. The summed E-state index contributed by atoms with van der Waals surface area (Å²) in [4.78, 5) is 24.7. The predicted molar refractivity (Wildman–Crippen MR) is 111 cm³/mol. The summed E-state index contributed by atoms with van der Waals surface area (Å²) in [6.45, 7) is 12.7. The molecule has 150 valence electrons. The molecule has 3 aliphatic rings. The van der Waals surface area contributed by atoms with E-state index in [4.69, 9.17) is 0 Å². The summed E-state index contributed by atoms with van der Waals surface area (Å²) in [5, 5.41) is 10.6. The van der Waals surface area contributed by atoms with E-state index in [1.165, 1.54) is 11.1 Å². The first-order valence-electron chi connectivity index (χ1n) is 9.73. The lowest BCUT2D eigenvalue weighted by Gasteiger charge is -2.62. The molecule has 3 saturated carbocycles. The highest BCUT2D eigenvalue weighted by Crippen LogP contribution is 2.61. The van der Waals surface area contributed by atoms with Crippen molar-refractivity contribution in [2.24, 2.45) is 23.2 Å². The molecular formula is C20H31BrN4O2. The Morgan fingerprint density at radius 3 is 2.59 bits per heavy atom. The zero-order chi connectivity index (χ0) is 20.1. The first-order chi connectivity index (χ1) is 12.4. The van der Waals surface area contributed by atoms with E-state index in [0.29, 0.717) is 27.5 Å². The summed E-state index contributed by atoms with van der Waals surface area (Å²) in [5.41, 5.74) is 0.503. The quantitative estimate of drug-likeness (QED) is 0.754. The van der Waals surface area contributed by atoms with Crippen molar-refractivity contribution in [3.05, 3.63) is 21.0 Å². The molecule has 0 aliphatic heterocycles. The smallest absolute Gasteiger partial charge is 0.283 e. The standard InChI is InChI=1S/C20H31BrN4O2/c1-11-13-7-12(20(13,5)6)8-14(11)23-15-9-22-25(18(27)17(15)21)10-16(26)24-19(2,3)4/h9,11-14,23H,7-8,10H2,1-6H3,(H,24,26)/t11-,12-,13+,14-/m1/s1. The Labute approximate surface area is 169 Å². The van der Waals surface area contributed by atoms with Gasteiger partial charge in [-0.05, 0) is 72.7 Å². The summed E-state index contributed by atoms with van der Waals surface area (Å²) >= 11 is 3.41. The van der Waals surface area contributed by atoms with Crippen molar-refractivity contribution >= 4 is 27.5 Å². The lowest BCUT2D eigenvalue weighted by atomic mass is 9.45. The Morgan fingerprint density at radius 1 is 1.37 bits per heavy atom. The molecule has 0 unspecified atom stereocenters. The van der Waals surface area contributed by atoms with Crippen molar-refractivity contribution in [3.8, 4) is 0 Å². The van der Waals surface area contributed by atoms with E-state index in [-0.39, 0.29) is 23.6 Å². The number of nitrogens with one attached hydrogen (secondary N) is 2. The number of carbonyl (C=O) groups excluding carboxylic acids is 1. The van der Waals surface area contributed by atoms with Gasteiger partial charge in [0.15, 0.2) is 0 Å². The molecule has 27 heavy (non-hydrogen) atoms. The number of halogens is 1. The monoisotopic (exact) mass is 438 g/mol. The van der Waals surface area contributed by atoms with Gasteiger partial charge in [0.05, 0.1) is 11.9 Å². The van der Waals surface area contributed by atoms with Crippen molar-refractivity contribution in [1.82, 2.24) is 15.1 Å². The number of carbonyl (C=O) groups is 1. The molecular weight excluding hydrogens is 408 g/mol. The molecule has 1 aromatic heterocycles. The number of fused-ring (bicyclic) bond motifs is 2. The second kappa shape index (κ2) is 6.90. The van der Waals surface area contributed by atoms with Gasteiger partial charge >= 0.3 is 0 Å². The molecule has 0 radical (unpaired) electrons. The lowest BCUT2D eigenvalue weighted by molar-refractivity contribution is -0.123. The van der Waals surface area contributed by atoms with Crippen LogP contribution in [0, 0.1) is 23.2 Å². The van der Waals surface area contributed by atoms with E-state index in [1.54, 1.807) is 6.20 Å². The van der Waals surface area contributed by atoms with Crippen LogP contribution >= 0.6 is 15.9 Å². The van der Waals surface area contributed by atoms with Crippen molar-refractivity contribution in [2.45, 2.75) is 72.5 Å². The van der Waals surface area contributed by atoms with Gasteiger partial charge in [0.25, 0.3) is 5.56 Å². The molecule has 6 nitrogen and oxygen atoms in total. The van der Waals surface area contributed by atoms with Crippen LogP contribution in [0.15, 0.2) is 15.5 Å². The molecule has 1 aromatic rings. The third-order valence-electron chi connectivity index (χ3n) is 6.49. The van der Waals surface area contributed by atoms with Crippen LogP contribution in [0.5, 0.6) is 0 Å². The first-order valence-corrected chi connectivity index (χ1v) is 10.5. The van der Waals surface area contributed by atoms with E-state index >= 15 is 0 Å². The van der Waals surface area contributed by atoms with Gasteiger partial charge in [-0.25, -0.2) is 4.68 Å². The minimum absolute atomic E-state index is 0.0901. The fourth-order valence-corrected chi connectivity index (χ4v) is 5.23. The molecule has 7 heteroatoms. The summed E-state index contributed by atoms with van der Waals surface area (Å²) < 4.78 is 1.63. The SMILES string of the molecule is C[C@H]1[C@H](Nc2cnn(CC(=O)NC(C)(C)C)c(=O)c2Br)C[C@H]2C[C@@H]1C2(C)C. The van der Waals surface area contributed by atoms with Gasteiger partial charge in [-0.3, -0.25) is 9.59 Å². The zero-order valence-corrected chi connectivity index (χ0v) is 18.7. The molecule has 0 spiro atoms. The minimum atomic E-state index is -0.342. The molecule has 2 N–H and O–H groups in total. The van der Waals surface area contributed by atoms with Crippen LogP contribution in [0.25, 0.3) is 0 Å². The van der Waals surface area contributed by atoms with Crippen molar-refractivity contribution in [2.75, 3.05) is 5.32 Å². The Bertz CT molecular complexity index is 796. The molecule has 4 atom stereocenters. The molecule has 3 aliphatic carbocycles. The molecule has 2 bridgehead atoms. The number of hydrogen-bond donors (Lipinski definition) is 2. The molecule has 0 aromatic carbocycles. The highest BCUT2D eigenvalue weighted by molar-refractivity contribution is 9.10. The molecule has 1 amide bonds. The second-order valence-electron chi connectivity index (χ2n) is 9.84. The maximum Gasteiger partial charge on any atom is 0.283 e. The fourth-order valence-electron chi connectivity index (χ4n) is 4.81. The van der Waals surface area contributed by atoms with Crippen LogP contribution in [0.3, 0.4) is 0 Å². The molecule has 1 heterocycles. The van der Waals surface area contributed by atoms with E-state index in [2.05, 4.69) is 52.4 Å². The number of aromatic nitrogens is 2. The summed E-state index contributed by atoms with van der Waals surface area (Å²) in [6.07, 6.45) is 4.08. The van der Waals surface area contributed by atoms with Crippen LogP contribution in [0.2, 0.25) is 0 Å².